The molecule has 0 radical (unpaired) electrons. The number of nitrogens with zero attached hydrogens (tertiary/aromatic N) is 1. The monoisotopic (exact) mass is 375 g/mol. The summed E-state index contributed by atoms with van der Waals surface area (Å²) in [5, 5.41) is 3.21. The molecule has 1 aliphatic heterocycles. The van der Waals surface area contributed by atoms with Crippen LogP contribution in [-0.2, 0) is 4.79 Å². The van der Waals surface area contributed by atoms with E-state index in [-0.39, 0.29) is 23.7 Å². The van der Waals surface area contributed by atoms with Gasteiger partial charge in [-0.2, -0.15) is 0 Å². The summed E-state index contributed by atoms with van der Waals surface area (Å²) in [5.74, 6) is 0.658. The Labute approximate surface area is 162 Å². The third-order valence-electron chi connectivity index (χ3n) is 6.36. The van der Waals surface area contributed by atoms with Gasteiger partial charge >= 0.3 is 0 Å². The number of benzene rings is 1. The lowest BCUT2D eigenvalue weighted by atomic mass is 9.81. The third kappa shape index (κ3) is 5.76. The van der Waals surface area contributed by atoms with Gasteiger partial charge in [0.2, 0.25) is 5.91 Å². The van der Waals surface area contributed by atoms with Crippen molar-refractivity contribution < 1.29 is 9.18 Å². The normalized spacial score (nSPS) is 25.6. The zero-order chi connectivity index (χ0) is 19.1. The topological polar surface area (TPSA) is 58.4 Å². The van der Waals surface area contributed by atoms with Gasteiger partial charge in [-0.15, -0.1) is 0 Å². The van der Waals surface area contributed by atoms with Crippen LogP contribution in [0, 0.1) is 17.7 Å². The number of nitrogens with one attached hydrogen (secondary N) is 1. The van der Waals surface area contributed by atoms with Crippen molar-refractivity contribution in [3.05, 3.63) is 35.6 Å². The molecule has 0 unspecified atom stereocenters. The van der Waals surface area contributed by atoms with E-state index in [9.17, 15) is 9.18 Å². The molecule has 4 nitrogen and oxygen atoms in total. The summed E-state index contributed by atoms with van der Waals surface area (Å²) in [6, 6.07) is 6.90. The summed E-state index contributed by atoms with van der Waals surface area (Å²) >= 11 is 0. The van der Waals surface area contributed by atoms with Crippen molar-refractivity contribution in [2.45, 2.75) is 57.4 Å². The Morgan fingerprint density at radius 3 is 2.30 bits per heavy atom. The van der Waals surface area contributed by atoms with Crippen molar-refractivity contribution in [1.29, 1.82) is 0 Å². The molecule has 2 fully saturated rings. The lowest BCUT2D eigenvalue weighted by Crippen LogP contribution is -2.41. The first-order valence-electron chi connectivity index (χ1n) is 10.6. The van der Waals surface area contributed by atoms with E-state index in [2.05, 4.69) is 10.2 Å². The Morgan fingerprint density at radius 1 is 1.07 bits per heavy atom. The number of hydrogen-bond donors (Lipinski definition) is 2. The molecule has 1 aromatic carbocycles. The molecule has 1 saturated carbocycles. The second-order valence-corrected chi connectivity index (χ2v) is 8.22. The van der Waals surface area contributed by atoms with Gasteiger partial charge in [0.15, 0.2) is 0 Å². The summed E-state index contributed by atoms with van der Waals surface area (Å²) in [4.78, 5) is 15.2. The fourth-order valence-electron chi connectivity index (χ4n) is 4.55. The van der Waals surface area contributed by atoms with E-state index >= 15 is 0 Å². The van der Waals surface area contributed by atoms with E-state index in [0.717, 1.165) is 50.9 Å². The van der Waals surface area contributed by atoms with Crippen LogP contribution in [0.25, 0.3) is 0 Å². The number of halogens is 1. The number of carbonyl (C=O) groups is 1. The van der Waals surface area contributed by atoms with Crippen LogP contribution in [0.4, 0.5) is 4.39 Å². The Morgan fingerprint density at radius 2 is 1.70 bits per heavy atom. The first-order valence-corrected chi connectivity index (χ1v) is 10.6. The van der Waals surface area contributed by atoms with Gasteiger partial charge in [0.25, 0.3) is 0 Å². The van der Waals surface area contributed by atoms with Gasteiger partial charge in [-0.3, -0.25) is 9.69 Å². The van der Waals surface area contributed by atoms with E-state index < -0.39 is 0 Å². The lowest BCUT2D eigenvalue weighted by Gasteiger charge is -2.32. The molecule has 150 valence electrons. The number of rotatable bonds is 6. The molecule has 1 aromatic rings. The maximum absolute atomic E-state index is 13.4. The van der Waals surface area contributed by atoms with Crippen LogP contribution in [0.1, 0.15) is 63.0 Å². The number of carbonyl (C=O) groups excluding carboxylic acids is 1. The number of hydrogen-bond acceptors (Lipinski definition) is 3. The van der Waals surface area contributed by atoms with E-state index in [0.29, 0.717) is 12.5 Å². The van der Waals surface area contributed by atoms with E-state index in [1.54, 1.807) is 0 Å². The molecule has 0 bridgehead atoms. The van der Waals surface area contributed by atoms with Crippen molar-refractivity contribution in [3.63, 3.8) is 0 Å². The molecule has 27 heavy (non-hydrogen) atoms. The molecule has 5 heteroatoms. The van der Waals surface area contributed by atoms with Crippen LogP contribution in [0.15, 0.2) is 24.3 Å². The van der Waals surface area contributed by atoms with Gasteiger partial charge < -0.3 is 11.1 Å². The molecule has 0 aromatic heterocycles. The highest BCUT2D eigenvalue weighted by Crippen LogP contribution is 2.29. The van der Waals surface area contributed by atoms with Crippen molar-refractivity contribution in [1.82, 2.24) is 10.2 Å². The molecule has 2 aliphatic rings. The predicted molar refractivity (Wildman–Crippen MR) is 107 cm³/mol. The smallest absolute Gasteiger partial charge is 0.223 e. The van der Waals surface area contributed by atoms with Gasteiger partial charge in [-0.25, -0.2) is 4.39 Å². The molecule has 0 spiro atoms. The van der Waals surface area contributed by atoms with E-state index in [4.69, 9.17) is 5.73 Å². The maximum Gasteiger partial charge on any atom is 0.223 e. The molecule has 3 N–H and O–H groups in total. The highest BCUT2D eigenvalue weighted by atomic mass is 19.1. The molecule has 1 amide bonds. The largest absolute Gasteiger partial charge is 0.354 e. The highest BCUT2D eigenvalue weighted by Gasteiger charge is 2.27. The average Bonchev–Trinajstić information content (AvgIpc) is 2.99. The minimum atomic E-state index is -0.214. The first kappa shape index (κ1) is 20.3. The van der Waals surface area contributed by atoms with Gasteiger partial charge in [-0.1, -0.05) is 25.0 Å². The van der Waals surface area contributed by atoms with Crippen molar-refractivity contribution in [2.75, 3.05) is 26.2 Å². The van der Waals surface area contributed by atoms with Crippen LogP contribution < -0.4 is 11.1 Å². The molecule has 1 aliphatic carbocycles. The van der Waals surface area contributed by atoms with Crippen molar-refractivity contribution >= 4 is 5.91 Å². The molecule has 1 saturated heterocycles. The average molecular weight is 376 g/mol. The fourth-order valence-corrected chi connectivity index (χ4v) is 4.55. The first-order chi connectivity index (χ1) is 13.2. The number of nitrogens with two attached hydrogens (primary N) is 1. The van der Waals surface area contributed by atoms with Gasteiger partial charge in [0, 0.05) is 12.5 Å². The molecular formula is C22H34FN3O. The predicted octanol–water partition coefficient (Wildman–Crippen LogP) is 3.62. The Bertz CT molecular complexity index is 576. The van der Waals surface area contributed by atoms with Gasteiger partial charge in [-0.05, 0) is 81.8 Å². The third-order valence-corrected chi connectivity index (χ3v) is 6.36. The standard InChI is InChI=1S/C22H34FN3O/c23-20-11-9-18(10-12-20)21(26-13-3-1-2-4-14-26)16-25-22(27)19-7-5-17(15-24)6-8-19/h9-12,17,19,21H,1-8,13-16,24H2,(H,25,27)/t17?,19?,21-/m0/s1. The Kier molecular flexibility index (Phi) is 7.65. The summed E-state index contributed by atoms with van der Waals surface area (Å²) in [7, 11) is 0. The lowest BCUT2D eigenvalue weighted by molar-refractivity contribution is -0.126. The molecule has 1 atom stereocenters. The second kappa shape index (κ2) is 10.2. The van der Waals surface area contributed by atoms with Gasteiger partial charge in [0.1, 0.15) is 5.82 Å². The maximum atomic E-state index is 13.4. The molecular weight excluding hydrogens is 341 g/mol. The van der Waals surface area contributed by atoms with Crippen LogP contribution in [0.2, 0.25) is 0 Å². The van der Waals surface area contributed by atoms with E-state index in [1.165, 1.54) is 37.8 Å². The summed E-state index contributed by atoms with van der Waals surface area (Å²) in [6.45, 7) is 3.41. The quantitative estimate of drug-likeness (QED) is 0.798. The summed E-state index contributed by atoms with van der Waals surface area (Å²) in [5.41, 5.74) is 6.85. The van der Waals surface area contributed by atoms with E-state index in [1.807, 2.05) is 12.1 Å². The fraction of sp³-hybridized carbons (Fsp3) is 0.682. The van der Waals surface area contributed by atoms with Crippen LogP contribution in [0.3, 0.4) is 0 Å². The molecule has 3 rings (SSSR count). The van der Waals surface area contributed by atoms with Crippen molar-refractivity contribution in [3.8, 4) is 0 Å². The SMILES string of the molecule is NCC1CCC(C(=O)NC[C@@H](c2ccc(F)cc2)N2CCCCCC2)CC1. The zero-order valence-electron chi connectivity index (χ0n) is 16.3. The summed E-state index contributed by atoms with van der Waals surface area (Å²) in [6.07, 6.45) is 8.91. The van der Waals surface area contributed by atoms with Crippen molar-refractivity contribution in [2.24, 2.45) is 17.6 Å². The minimum Gasteiger partial charge on any atom is -0.354 e. The van der Waals surface area contributed by atoms with Crippen LogP contribution in [-0.4, -0.2) is 37.0 Å². The molecule has 1 heterocycles. The number of likely N-dealkylation sites (tertiary alicyclic amines) is 1. The minimum absolute atomic E-state index is 0.116. The zero-order valence-corrected chi connectivity index (χ0v) is 16.3. The Hall–Kier alpha value is -1.46. The summed E-state index contributed by atoms with van der Waals surface area (Å²) < 4.78 is 13.4. The second-order valence-electron chi connectivity index (χ2n) is 8.22. The van der Waals surface area contributed by atoms with Crippen LogP contribution >= 0.6 is 0 Å². The number of amides is 1. The Balaban J connectivity index is 1.62. The van der Waals surface area contributed by atoms with Crippen LogP contribution in [0.5, 0.6) is 0 Å². The van der Waals surface area contributed by atoms with Gasteiger partial charge in [0.05, 0.1) is 6.04 Å². The highest BCUT2D eigenvalue weighted by molar-refractivity contribution is 5.78.